The molecule has 136 valence electrons. The van der Waals surface area contributed by atoms with Crippen LogP contribution in [0.25, 0.3) is 11.0 Å². The smallest absolute Gasteiger partial charge is 0.164 e. The van der Waals surface area contributed by atoms with Gasteiger partial charge >= 0.3 is 0 Å². The van der Waals surface area contributed by atoms with Crippen molar-refractivity contribution in [3.05, 3.63) is 59.1 Å². The molecule has 3 N–H and O–H groups in total. The maximum absolute atomic E-state index is 10.6. The Morgan fingerprint density at radius 2 is 2.00 bits per heavy atom. The van der Waals surface area contributed by atoms with Gasteiger partial charge in [-0.25, -0.2) is 9.97 Å². The molecule has 3 aromatic rings. The number of fused-ring (bicyclic) bond motifs is 1. The maximum atomic E-state index is 10.6. The second kappa shape index (κ2) is 6.61. The SMILES string of the molecule is Cc1ncnc2c1ccn2[C@@H]1O[C@H](C(O)c2cccc(Cl)c2)[C@@H](O)[C@H]1O. The van der Waals surface area contributed by atoms with Gasteiger partial charge in [-0.3, -0.25) is 0 Å². The van der Waals surface area contributed by atoms with E-state index in [9.17, 15) is 15.3 Å². The summed E-state index contributed by atoms with van der Waals surface area (Å²) < 4.78 is 7.49. The molecule has 7 nitrogen and oxygen atoms in total. The van der Waals surface area contributed by atoms with E-state index in [1.165, 1.54) is 6.33 Å². The molecule has 0 spiro atoms. The fraction of sp³-hybridized carbons (Fsp3) is 0.333. The van der Waals surface area contributed by atoms with Gasteiger partial charge in [-0.15, -0.1) is 0 Å². The van der Waals surface area contributed by atoms with Crippen LogP contribution in [0.5, 0.6) is 0 Å². The van der Waals surface area contributed by atoms with Gasteiger partial charge in [-0.05, 0) is 30.7 Å². The molecule has 3 heterocycles. The van der Waals surface area contributed by atoms with Crippen LogP contribution in [-0.4, -0.2) is 48.2 Å². The summed E-state index contributed by atoms with van der Waals surface area (Å²) in [7, 11) is 0. The lowest BCUT2D eigenvalue weighted by Gasteiger charge is -2.21. The topological polar surface area (TPSA) is 101 Å². The predicted molar refractivity (Wildman–Crippen MR) is 94.6 cm³/mol. The van der Waals surface area contributed by atoms with Crippen LogP contribution in [0.1, 0.15) is 23.6 Å². The van der Waals surface area contributed by atoms with Gasteiger partial charge in [0.1, 0.15) is 36.4 Å². The van der Waals surface area contributed by atoms with Crippen molar-refractivity contribution in [3.63, 3.8) is 0 Å². The third kappa shape index (κ3) is 2.78. The molecule has 0 bridgehead atoms. The third-order valence-corrected chi connectivity index (χ3v) is 4.99. The molecule has 8 heteroatoms. The van der Waals surface area contributed by atoms with Gasteiger partial charge in [0.15, 0.2) is 6.23 Å². The normalized spacial score (nSPS) is 27.1. The molecule has 0 amide bonds. The van der Waals surface area contributed by atoms with E-state index in [1.807, 2.05) is 13.0 Å². The highest BCUT2D eigenvalue weighted by molar-refractivity contribution is 6.30. The molecule has 26 heavy (non-hydrogen) atoms. The first kappa shape index (κ1) is 17.4. The van der Waals surface area contributed by atoms with E-state index >= 15 is 0 Å². The first-order valence-corrected chi connectivity index (χ1v) is 8.58. The number of halogens is 1. The minimum Gasteiger partial charge on any atom is -0.387 e. The summed E-state index contributed by atoms with van der Waals surface area (Å²) in [6.45, 7) is 1.86. The van der Waals surface area contributed by atoms with Crippen molar-refractivity contribution in [2.45, 2.75) is 37.6 Å². The minimum absolute atomic E-state index is 0.467. The molecule has 1 fully saturated rings. The van der Waals surface area contributed by atoms with Crippen LogP contribution >= 0.6 is 11.6 Å². The Labute approximate surface area is 154 Å². The maximum Gasteiger partial charge on any atom is 0.164 e. The van der Waals surface area contributed by atoms with Crippen LogP contribution in [0.2, 0.25) is 5.02 Å². The summed E-state index contributed by atoms with van der Waals surface area (Å²) in [6, 6.07) is 8.51. The molecule has 0 aliphatic carbocycles. The second-order valence-electron chi connectivity index (χ2n) is 6.39. The molecule has 4 rings (SSSR count). The van der Waals surface area contributed by atoms with Crippen molar-refractivity contribution in [2.24, 2.45) is 0 Å². The summed E-state index contributed by atoms with van der Waals surface area (Å²) in [5.41, 5.74) is 1.90. The van der Waals surface area contributed by atoms with Gasteiger partial charge < -0.3 is 24.6 Å². The van der Waals surface area contributed by atoms with Crippen LogP contribution in [0.3, 0.4) is 0 Å². The first-order valence-electron chi connectivity index (χ1n) is 8.20. The molecule has 0 radical (unpaired) electrons. The fourth-order valence-corrected chi connectivity index (χ4v) is 3.56. The van der Waals surface area contributed by atoms with Crippen molar-refractivity contribution >= 4 is 22.6 Å². The Morgan fingerprint density at radius 1 is 1.19 bits per heavy atom. The second-order valence-corrected chi connectivity index (χ2v) is 6.83. The molecule has 1 unspecified atom stereocenters. The minimum atomic E-state index is -1.27. The Hall–Kier alpha value is -2.03. The van der Waals surface area contributed by atoms with E-state index in [4.69, 9.17) is 16.3 Å². The number of hydrogen-bond donors (Lipinski definition) is 3. The zero-order valence-electron chi connectivity index (χ0n) is 13.9. The quantitative estimate of drug-likeness (QED) is 0.644. The highest BCUT2D eigenvalue weighted by atomic mass is 35.5. The van der Waals surface area contributed by atoms with E-state index in [0.29, 0.717) is 16.2 Å². The van der Waals surface area contributed by atoms with Gasteiger partial charge in [0.25, 0.3) is 0 Å². The van der Waals surface area contributed by atoms with Crippen LogP contribution in [0, 0.1) is 6.92 Å². The molecular weight excluding hydrogens is 358 g/mol. The average Bonchev–Trinajstić information content (AvgIpc) is 3.18. The predicted octanol–water partition coefficient (Wildman–Crippen LogP) is 1.75. The Morgan fingerprint density at radius 3 is 2.77 bits per heavy atom. The molecule has 1 aliphatic heterocycles. The third-order valence-electron chi connectivity index (χ3n) is 4.76. The molecule has 1 aromatic carbocycles. The lowest BCUT2D eigenvalue weighted by atomic mass is 9.99. The van der Waals surface area contributed by atoms with Crippen molar-refractivity contribution in [1.82, 2.24) is 14.5 Å². The summed E-state index contributed by atoms with van der Waals surface area (Å²) in [5, 5.41) is 32.9. The number of aliphatic hydroxyl groups is 3. The Bertz CT molecular complexity index is 947. The van der Waals surface area contributed by atoms with E-state index in [2.05, 4.69) is 9.97 Å². The van der Waals surface area contributed by atoms with Gasteiger partial charge in [0.05, 0.1) is 5.69 Å². The van der Waals surface area contributed by atoms with Crippen molar-refractivity contribution in [2.75, 3.05) is 0 Å². The van der Waals surface area contributed by atoms with E-state index < -0.39 is 30.6 Å². The lowest BCUT2D eigenvalue weighted by Crippen LogP contribution is -2.34. The van der Waals surface area contributed by atoms with E-state index in [0.717, 1.165) is 11.1 Å². The summed E-state index contributed by atoms with van der Waals surface area (Å²) in [4.78, 5) is 8.39. The number of nitrogens with zero attached hydrogens (tertiary/aromatic N) is 3. The molecule has 2 aromatic heterocycles. The first-order chi connectivity index (χ1) is 12.5. The van der Waals surface area contributed by atoms with E-state index in [1.54, 1.807) is 35.0 Å². The number of benzene rings is 1. The van der Waals surface area contributed by atoms with Crippen molar-refractivity contribution < 1.29 is 20.1 Å². The molecule has 1 aliphatic rings. The molecular formula is C18H18ClN3O4. The van der Waals surface area contributed by atoms with Crippen LogP contribution < -0.4 is 0 Å². The van der Waals surface area contributed by atoms with Crippen LogP contribution in [-0.2, 0) is 4.74 Å². The summed E-state index contributed by atoms with van der Waals surface area (Å²) in [5.74, 6) is 0. The van der Waals surface area contributed by atoms with Crippen LogP contribution in [0.4, 0.5) is 0 Å². The van der Waals surface area contributed by atoms with E-state index in [-0.39, 0.29) is 0 Å². The van der Waals surface area contributed by atoms with Gasteiger partial charge in [-0.1, -0.05) is 23.7 Å². The zero-order chi connectivity index (χ0) is 18.4. The monoisotopic (exact) mass is 375 g/mol. The van der Waals surface area contributed by atoms with Gasteiger partial charge in [-0.2, -0.15) is 0 Å². The lowest BCUT2D eigenvalue weighted by molar-refractivity contribution is -0.0848. The van der Waals surface area contributed by atoms with Crippen molar-refractivity contribution in [1.29, 1.82) is 0 Å². The Kier molecular flexibility index (Phi) is 4.42. The summed E-state index contributed by atoms with van der Waals surface area (Å²) in [6.07, 6.45) is -2.36. The van der Waals surface area contributed by atoms with Gasteiger partial charge in [0.2, 0.25) is 0 Å². The number of aromatic nitrogens is 3. The summed E-state index contributed by atoms with van der Waals surface area (Å²) >= 11 is 5.97. The standard InChI is InChI=1S/C18H18ClN3O4/c1-9-12-5-6-22(17(12)21-8-20-9)18-15(25)14(24)16(26-18)13(23)10-3-2-4-11(19)7-10/h2-8,13-16,18,23-25H,1H3/t13?,14-,15+,16+,18+/m0/s1. The van der Waals surface area contributed by atoms with Gasteiger partial charge in [0, 0.05) is 16.6 Å². The number of rotatable bonds is 3. The number of ether oxygens (including phenoxy) is 1. The highest BCUT2D eigenvalue weighted by Gasteiger charge is 2.47. The molecule has 1 saturated heterocycles. The molecule has 0 saturated carbocycles. The number of hydrogen-bond acceptors (Lipinski definition) is 6. The van der Waals surface area contributed by atoms with Crippen molar-refractivity contribution in [3.8, 4) is 0 Å². The number of aryl methyl sites for hydroxylation is 1. The zero-order valence-corrected chi connectivity index (χ0v) is 14.7. The van der Waals surface area contributed by atoms with Crippen LogP contribution in [0.15, 0.2) is 42.9 Å². The molecule has 5 atom stereocenters. The highest BCUT2D eigenvalue weighted by Crippen LogP contribution is 2.37. The largest absolute Gasteiger partial charge is 0.387 e. The number of aliphatic hydroxyl groups excluding tert-OH is 3. The Balaban J connectivity index is 1.66. The average molecular weight is 376 g/mol. The fourth-order valence-electron chi connectivity index (χ4n) is 3.36.